The van der Waals surface area contributed by atoms with Crippen LogP contribution in [0, 0.1) is 0 Å². The molecular weight excluding hydrogens is 206 g/mol. The second-order valence-electron chi connectivity index (χ2n) is 3.01. The Morgan fingerprint density at radius 2 is 2.06 bits per heavy atom. The molecule has 80 valence electrons. The minimum absolute atomic E-state index is 0.383. The number of rotatable bonds is 2. The third kappa shape index (κ3) is 2.14. The summed E-state index contributed by atoms with van der Waals surface area (Å²) >= 11 is 0. The van der Waals surface area contributed by atoms with E-state index in [2.05, 4.69) is 9.97 Å². The first-order valence-corrected chi connectivity index (χ1v) is 4.60. The number of primary amides is 1. The molecule has 0 bridgehead atoms. The van der Waals surface area contributed by atoms with E-state index in [1.807, 2.05) is 6.07 Å². The van der Waals surface area contributed by atoms with Gasteiger partial charge in [0.15, 0.2) is 0 Å². The Morgan fingerprint density at radius 1 is 1.25 bits per heavy atom. The molecule has 1 amide bonds. The number of hydrogen-bond donors (Lipinski definition) is 1. The van der Waals surface area contributed by atoms with E-state index in [9.17, 15) is 4.79 Å². The first-order chi connectivity index (χ1) is 7.77. The minimum atomic E-state index is -0.846. The summed E-state index contributed by atoms with van der Waals surface area (Å²) < 4.78 is 4.88. The van der Waals surface area contributed by atoms with Gasteiger partial charge < -0.3 is 10.5 Å². The van der Waals surface area contributed by atoms with E-state index in [1.165, 1.54) is 6.33 Å². The summed E-state index contributed by atoms with van der Waals surface area (Å²) in [4.78, 5) is 18.6. The summed E-state index contributed by atoms with van der Waals surface area (Å²) in [6.45, 7) is 0. The zero-order valence-corrected chi connectivity index (χ0v) is 8.33. The average molecular weight is 215 g/mol. The molecule has 0 saturated heterocycles. The lowest BCUT2D eigenvalue weighted by atomic mass is 10.1. The Morgan fingerprint density at radius 3 is 2.75 bits per heavy atom. The maximum absolute atomic E-state index is 10.7. The molecule has 0 aliphatic heterocycles. The summed E-state index contributed by atoms with van der Waals surface area (Å²) in [6.07, 6.45) is 2.20. The highest BCUT2D eigenvalue weighted by Gasteiger charge is 2.08. The fraction of sp³-hybridized carbons (Fsp3) is 0. The van der Waals surface area contributed by atoms with Gasteiger partial charge in [-0.05, 0) is 18.2 Å². The average Bonchev–Trinajstić information content (AvgIpc) is 2.30. The SMILES string of the molecule is NC(=O)Oc1ccccc1-c1ccncn1. The number of nitrogens with two attached hydrogens (primary N) is 1. The quantitative estimate of drug-likeness (QED) is 0.825. The predicted octanol–water partition coefficient (Wildman–Crippen LogP) is 1.60. The molecule has 1 aromatic carbocycles. The molecule has 0 fully saturated rings. The number of carbonyl (C=O) groups excluding carboxylic acids is 1. The van der Waals surface area contributed by atoms with Crippen LogP contribution in [0.5, 0.6) is 5.75 Å². The van der Waals surface area contributed by atoms with Crippen molar-refractivity contribution in [2.45, 2.75) is 0 Å². The summed E-state index contributed by atoms with van der Waals surface area (Å²) in [7, 11) is 0. The van der Waals surface area contributed by atoms with Crippen LogP contribution in [0.1, 0.15) is 0 Å². The van der Waals surface area contributed by atoms with Crippen molar-refractivity contribution in [3.05, 3.63) is 42.9 Å². The third-order valence-corrected chi connectivity index (χ3v) is 1.96. The number of aromatic nitrogens is 2. The summed E-state index contributed by atoms with van der Waals surface area (Å²) in [5.74, 6) is 0.383. The molecular formula is C11H9N3O2. The molecule has 0 aliphatic rings. The Labute approximate surface area is 91.9 Å². The van der Waals surface area contributed by atoms with Gasteiger partial charge in [0, 0.05) is 11.8 Å². The van der Waals surface area contributed by atoms with Gasteiger partial charge in [-0.25, -0.2) is 14.8 Å². The molecule has 2 rings (SSSR count). The fourth-order valence-electron chi connectivity index (χ4n) is 1.33. The highest BCUT2D eigenvalue weighted by Crippen LogP contribution is 2.27. The minimum Gasteiger partial charge on any atom is -0.410 e. The highest BCUT2D eigenvalue weighted by atomic mass is 16.5. The molecule has 2 aromatic rings. The van der Waals surface area contributed by atoms with Gasteiger partial charge in [-0.15, -0.1) is 0 Å². The Kier molecular flexibility index (Phi) is 2.77. The lowest BCUT2D eigenvalue weighted by Gasteiger charge is -2.06. The van der Waals surface area contributed by atoms with Gasteiger partial charge in [0.1, 0.15) is 12.1 Å². The standard InChI is InChI=1S/C11H9N3O2/c12-11(15)16-10-4-2-1-3-8(10)9-5-6-13-7-14-9/h1-7H,(H2,12,15). The monoisotopic (exact) mass is 215 g/mol. The maximum atomic E-state index is 10.7. The largest absolute Gasteiger partial charge is 0.410 e. The van der Waals surface area contributed by atoms with E-state index in [4.69, 9.17) is 10.5 Å². The van der Waals surface area contributed by atoms with Gasteiger partial charge in [-0.2, -0.15) is 0 Å². The van der Waals surface area contributed by atoms with Crippen molar-refractivity contribution in [3.8, 4) is 17.0 Å². The molecule has 5 nitrogen and oxygen atoms in total. The van der Waals surface area contributed by atoms with Crippen LogP contribution in [-0.2, 0) is 0 Å². The fourth-order valence-corrected chi connectivity index (χ4v) is 1.33. The van der Waals surface area contributed by atoms with Crippen molar-refractivity contribution in [1.29, 1.82) is 0 Å². The molecule has 5 heteroatoms. The number of para-hydroxylation sites is 1. The molecule has 0 radical (unpaired) electrons. The Balaban J connectivity index is 2.44. The van der Waals surface area contributed by atoms with Crippen molar-refractivity contribution >= 4 is 6.09 Å². The van der Waals surface area contributed by atoms with Crippen LogP contribution >= 0.6 is 0 Å². The van der Waals surface area contributed by atoms with Crippen molar-refractivity contribution in [3.63, 3.8) is 0 Å². The number of nitrogens with zero attached hydrogens (tertiary/aromatic N) is 2. The third-order valence-electron chi connectivity index (χ3n) is 1.96. The van der Waals surface area contributed by atoms with Gasteiger partial charge in [0.25, 0.3) is 0 Å². The molecule has 16 heavy (non-hydrogen) atoms. The lowest BCUT2D eigenvalue weighted by Crippen LogP contribution is -2.16. The van der Waals surface area contributed by atoms with Crippen LogP contribution < -0.4 is 10.5 Å². The number of amides is 1. The van der Waals surface area contributed by atoms with Crippen LogP contribution in [0.15, 0.2) is 42.9 Å². The Bertz CT molecular complexity index is 500. The molecule has 1 aromatic heterocycles. The van der Waals surface area contributed by atoms with Crippen LogP contribution in [-0.4, -0.2) is 16.1 Å². The summed E-state index contributed by atoms with van der Waals surface area (Å²) in [5.41, 5.74) is 6.35. The van der Waals surface area contributed by atoms with Crippen LogP contribution in [0.4, 0.5) is 4.79 Å². The number of benzene rings is 1. The smallest absolute Gasteiger partial charge is 0.409 e. The van der Waals surface area contributed by atoms with Crippen LogP contribution in [0.25, 0.3) is 11.3 Å². The highest BCUT2D eigenvalue weighted by molar-refractivity contribution is 5.74. The van der Waals surface area contributed by atoms with E-state index >= 15 is 0 Å². The van der Waals surface area contributed by atoms with Crippen LogP contribution in [0.2, 0.25) is 0 Å². The van der Waals surface area contributed by atoms with E-state index < -0.39 is 6.09 Å². The number of hydrogen-bond acceptors (Lipinski definition) is 4. The maximum Gasteiger partial charge on any atom is 0.409 e. The molecule has 0 spiro atoms. The van der Waals surface area contributed by atoms with Crippen molar-refractivity contribution in [1.82, 2.24) is 9.97 Å². The van der Waals surface area contributed by atoms with Gasteiger partial charge in [0.05, 0.1) is 5.69 Å². The number of carbonyl (C=O) groups is 1. The van der Waals surface area contributed by atoms with Crippen molar-refractivity contribution in [2.24, 2.45) is 5.73 Å². The van der Waals surface area contributed by atoms with E-state index in [0.717, 1.165) is 0 Å². The first kappa shape index (κ1) is 10.1. The Hall–Kier alpha value is -2.43. The van der Waals surface area contributed by atoms with Crippen LogP contribution in [0.3, 0.4) is 0 Å². The zero-order chi connectivity index (χ0) is 11.4. The predicted molar refractivity (Wildman–Crippen MR) is 57.7 cm³/mol. The lowest BCUT2D eigenvalue weighted by molar-refractivity contribution is 0.211. The molecule has 1 heterocycles. The summed E-state index contributed by atoms with van der Waals surface area (Å²) in [6, 6.07) is 8.75. The van der Waals surface area contributed by atoms with Crippen molar-refractivity contribution < 1.29 is 9.53 Å². The van der Waals surface area contributed by atoms with E-state index in [1.54, 1.807) is 30.5 Å². The molecule has 0 aliphatic carbocycles. The summed E-state index contributed by atoms with van der Waals surface area (Å²) in [5, 5.41) is 0. The topological polar surface area (TPSA) is 78.1 Å². The van der Waals surface area contributed by atoms with E-state index in [-0.39, 0.29) is 0 Å². The van der Waals surface area contributed by atoms with E-state index in [0.29, 0.717) is 17.0 Å². The zero-order valence-electron chi connectivity index (χ0n) is 8.33. The number of ether oxygens (including phenoxy) is 1. The normalized spacial score (nSPS) is 9.75. The van der Waals surface area contributed by atoms with Gasteiger partial charge in [0.2, 0.25) is 0 Å². The van der Waals surface area contributed by atoms with Gasteiger partial charge in [-0.1, -0.05) is 12.1 Å². The molecule has 0 saturated carbocycles. The van der Waals surface area contributed by atoms with Crippen molar-refractivity contribution in [2.75, 3.05) is 0 Å². The molecule has 2 N–H and O–H groups in total. The van der Waals surface area contributed by atoms with Gasteiger partial charge in [-0.3, -0.25) is 0 Å². The second-order valence-corrected chi connectivity index (χ2v) is 3.01. The first-order valence-electron chi connectivity index (χ1n) is 4.60. The second kappa shape index (κ2) is 4.39. The molecule has 0 atom stereocenters. The molecule has 0 unspecified atom stereocenters. The van der Waals surface area contributed by atoms with Gasteiger partial charge >= 0.3 is 6.09 Å².